The molecule has 0 bridgehead atoms. The van der Waals surface area contributed by atoms with E-state index in [0.717, 1.165) is 12.8 Å². The fourth-order valence-corrected chi connectivity index (χ4v) is 1.18. The molecule has 0 radical (unpaired) electrons. The first-order valence-corrected chi connectivity index (χ1v) is 6.19. The van der Waals surface area contributed by atoms with Crippen LogP contribution in [0.15, 0.2) is 0 Å². The minimum atomic E-state index is -0.132. The number of rotatable bonds is 10. The minimum Gasteiger partial charge on any atom is -0.382 e. The molecule has 2 atom stereocenters. The van der Waals surface area contributed by atoms with Gasteiger partial charge in [-0.05, 0) is 19.8 Å². The van der Waals surface area contributed by atoms with E-state index in [1.807, 2.05) is 13.8 Å². The molecular weight excluding hydrogens is 220 g/mol. The summed E-state index contributed by atoms with van der Waals surface area (Å²) >= 11 is 0. The Balaban J connectivity index is 3.31. The lowest BCUT2D eigenvalue weighted by molar-refractivity contribution is -0.124. The molecule has 0 aliphatic carbocycles. The Bertz CT molecular complexity index is 198. The smallest absolute Gasteiger partial charge is 0.224 e. The first-order valence-electron chi connectivity index (χ1n) is 6.19. The van der Waals surface area contributed by atoms with Gasteiger partial charge in [-0.3, -0.25) is 4.79 Å². The van der Waals surface area contributed by atoms with Crippen molar-refractivity contribution in [3.63, 3.8) is 0 Å². The zero-order chi connectivity index (χ0) is 13.1. The molecule has 2 unspecified atom stereocenters. The van der Waals surface area contributed by atoms with E-state index >= 15 is 0 Å². The van der Waals surface area contributed by atoms with Crippen molar-refractivity contribution in [1.82, 2.24) is 5.32 Å². The summed E-state index contributed by atoms with van der Waals surface area (Å²) < 4.78 is 10.2. The second kappa shape index (κ2) is 10.5. The Labute approximate surface area is 104 Å². The van der Waals surface area contributed by atoms with Gasteiger partial charge in [-0.2, -0.15) is 0 Å². The van der Waals surface area contributed by atoms with E-state index < -0.39 is 0 Å². The molecule has 0 saturated carbocycles. The van der Waals surface area contributed by atoms with Crippen molar-refractivity contribution in [2.75, 3.05) is 33.5 Å². The number of hydrogen-bond donors (Lipinski definition) is 2. The SMILES string of the molecule is COCCOCCCCNC(=O)C(C)C(C)N. The van der Waals surface area contributed by atoms with Crippen molar-refractivity contribution < 1.29 is 14.3 Å². The molecule has 0 rings (SSSR count). The molecule has 0 aliphatic rings. The summed E-state index contributed by atoms with van der Waals surface area (Å²) in [7, 11) is 1.65. The number of amides is 1. The lowest BCUT2D eigenvalue weighted by Gasteiger charge is -2.15. The quantitative estimate of drug-likeness (QED) is 0.551. The van der Waals surface area contributed by atoms with Crippen LogP contribution in [0, 0.1) is 5.92 Å². The maximum Gasteiger partial charge on any atom is 0.224 e. The first-order chi connectivity index (χ1) is 8.09. The molecule has 0 fully saturated rings. The molecule has 3 N–H and O–H groups in total. The zero-order valence-corrected chi connectivity index (χ0v) is 11.2. The van der Waals surface area contributed by atoms with E-state index in [1.54, 1.807) is 7.11 Å². The molecule has 1 amide bonds. The highest BCUT2D eigenvalue weighted by molar-refractivity contribution is 5.78. The van der Waals surface area contributed by atoms with Crippen LogP contribution in [0.1, 0.15) is 26.7 Å². The predicted molar refractivity (Wildman–Crippen MR) is 67.8 cm³/mol. The van der Waals surface area contributed by atoms with Crippen LogP contribution in [0.5, 0.6) is 0 Å². The van der Waals surface area contributed by atoms with Gasteiger partial charge in [-0.15, -0.1) is 0 Å². The fourth-order valence-electron chi connectivity index (χ4n) is 1.18. The molecule has 17 heavy (non-hydrogen) atoms. The fraction of sp³-hybridized carbons (Fsp3) is 0.917. The molecule has 0 aromatic heterocycles. The minimum absolute atomic E-state index is 0.0281. The Kier molecular flexibility index (Phi) is 10.1. The van der Waals surface area contributed by atoms with Crippen molar-refractivity contribution in [2.24, 2.45) is 11.7 Å². The number of nitrogens with one attached hydrogen (secondary N) is 1. The summed E-state index contributed by atoms with van der Waals surface area (Å²) in [5.74, 6) is -0.103. The van der Waals surface area contributed by atoms with Gasteiger partial charge in [0, 0.05) is 32.2 Å². The number of methoxy groups -OCH3 is 1. The monoisotopic (exact) mass is 246 g/mol. The van der Waals surface area contributed by atoms with Crippen molar-refractivity contribution >= 4 is 5.91 Å². The summed E-state index contributed by atoms with van der Waals surface area (Å²) in [5, 5.41) is 2.87. The van der Waals surface area contributed by atoms with Gasteiger partial charge in [0.25, 0.3) is 0 Å². The number of ether oxygens (including phenoxy) is 2. The molecular formula is C12H26N2O3. The van der Waals surface area contributed by atoms with Gasteiger partial charge in [0.15, 0.2) is 0 Å². The molecule has 0 aliphatic heterocycles. The Morgan fingerprint density at radius 2 is 1.94 bits per heavy atom. The van der Waals surface area contributed by atoms with Crippen LogP contribution >= 0.6 is 0 Å². The summed E-state index contributed by atoms with van der Waals surface area (Å²) in [6.45, 7) is 6.33. The van der Waals surface area contributed by atoms with Gasteiger partial charge in [-0.25, -0.2) is 0 Å². The predicted octanol–water partition coefficient (Wildman–Crippen LogP) is 0.529. The van der Waals surface area contributed by atoms with Crippen LogP contribution in [-0.2, 0) is 14.3 Å². The van der Waals surface area contributed by atoms with Crippen molar-refractivity contribution in [3.05, 3.63) is 0 Å². The molecule has 0 aromatic rings. The third-order valence-corrected chi connectivity index (χ3v) is 2.65. The largest absolute Gasteiger partial charge is 0.382 e. The lowest BCUT2D eigenvalue weighted by atomic mass is 10.0. The van der Waals surface area contributed by atoms with Crippen LogP contribution in [0.3, 0.4) is 0 Å². The van der Waals surface area contributed by atoms with Crippen molar-refractivity contribution in [2.45, 2.75) is 32.7 Å². The third kappa shape index (κ3) is 9.09. The second-order valence-corrected chi connectivity index (χ2v) is 4.25. The second-order valence-electron chi connectivity index (χ2n) is 4.25. The van der Waals surface area contributed by atoms with E-state index in [4.69, 9.17) is 15.2 Å². The van der Waals surface area contributed by atoms with E-state index in [-0.39, 0.29) is 17.9 Å². The number of carbonyl (C=O) groups is 1. The van der Waals surface area contributed by atoms with E-state index in [0.29, 0.717) is 26.4 Å². The highest BCUT2D eigenvalue weighted by atomic mass is 16.5. The number of carbonyl (C=O) groups excluding carboxylic acids is 1. The summed E-state index contributed by atoms with van der Waals surface area (Å²) in [4.78, 5) is 11.5. The van der Waals surface area contributed by atoms with Gasteiger partial charge < -0.3 is 20.5 Å². The van der Waals surface area contributed by atoms with Crippen molar-refractivity contribution in [1.29, 1.82) is 0 Å². The molecule has 5 heteroatoms. The summed E-state index contributed by atoms with van der Waals surface area (Å²) in [5.41, 5.74) is 5.64. The Morgan fingerprint density at radius 1 is 1.24 bits per heavy atom. The van der Waals surface area contributed by atoms with E-state index in [2.05, 4.69) is 5.32 Å². The number of hydrogen-bond acceptors (Lipinski definition) is 4. The van der Waals surface area contributed by atoms with Crippen molar-refractivity contribution in [3.8, 4) is 0 Å². The highest BCUT2D eigenvalue weighted by Gasteiger charge is 2.15. The number of nitrogens with two attached hydrogens (primary N) is 1. The first kappa shape index (κ1) is 16.4. The van der Waals surface area contributed by atoms with Crippen LogP contribution < -0.4 is 11.1 Å². The van der Waals surface area contributed by atoms with E-state index in [9.17, 15) is 4.79 Å². The summed E-state index contributed by atoms with van der Waals surface area (Å²) in [6, 6.07) is -0.104. The van der Waals surface area contributed by atoms with Gasteiger partial charge >= 0.3 is 0 Å². The maximum atomic E-state index is 11.5. The molecule has 0 aromatic carbocycles. The lowest BCUT2D eigenvalue weighted by Crippen LogP contribution is -2.38. The average molecular weight is 246 g/mol. The third-order valence-electron chi connectivity index (χ3n) is 2.65. The standard InChI is InChI=1S/C12H26N2O3/c1-10(11(2)13)12(15)14-6-4-5-7-17-9-8-16-3/h10-11H,4-9,13H2,1-3H3,(H,14,15). The normalized spacial score (nSPS) is 14.4. The van der Waals surface area contributed by atoms with Gasteiger partial charge in [0.05, 0.1) is 13.2 Å². The van der Waals surface area contributed by atoms with Crippen LogP contribution in [0.4, 0.5) is 0 Å². The van der Waals surface area contributed by atoms with Gasteiger partial charge in [-0.1, -0.05) is 6.92 Å². The number of unbranched alkanes of at least 4 members (excludes halogenated alkanes) is 1. The maximum absolute atomic E-state index is 11.5. The van der Waals surface area contributed by atoms with Crippen LogP contribution in [0.25, 0.3) is 0 Å². The molecule has 0 spiro atoms. The molecule has 102 valence electrons. The summed E-state index contributed by atoms with van der Waals surface area (Å²) in [6.07, 6.45) is 1.86. The average Bonchev–Trinajstić information content (AvgIpc) is 2.31. The highest BCUT2D eigenvalue weighted by Crippen LogP contribution is 1.99. The van der Waals surface area contributed by atoms with Crippen LogP contribution in [-0.4, -0.2) is 45.4 Å². The Morgan fingerprint density at radius 3 is 2.53 bits per heavy atom. The topological polar surface area (TPSA) is 73.6 Å². The molecule has 0 heterocycles. The molecule has 0 saturated heterocycles. The Hall–Kier alpha value is -0.650. The zero-order valence-electron chi connectivity index (χ0n) is 11.2. The van der Waals surface area contributed by atoms with Gasteiger partial charge in [0.2, 0.25) is 5.91 Å². The molecule has 5 nitrogen and oxygen atoms in total. The van der Waals surface area contributed by atoms with Gasteiger partial charge in [0.1, 0.15) is 0 Å². The van der Waals surface area contributed by atoms with E-state index in [1.165, 1.54) is 0 Å². The van der Waals surface area contributed by atoms with Crippen LogP contribution in [0.2, 0.25) is 0 Å².